The van der Waals surface area contributed by atoms with E-state index in [0.717, 1.165) is 49.2 Å². The zero-order chi connectivity index (χ0) is 30.8. The van der Waals surface area contributed by atoms with E-state index in [1.165, 1.54) is 18.4 Å². The fourth-order valence-corrected chi connectivity index (χ4v) is 4.19. The highest BCUT2D eigenvalue weighted by Gasteiger charge is 2.31. The van der Waals surface area contributed by atoms with Gasteiger partial charge in [0.1, 0.15) is 24.3 Å². The number of benzene rings is 2. The molecular formula is C31H34F3N5O4. The van der Waals surface area contributed by atoms with Crippen LogP contribution in [-0.2, 0) is 36.9 Å². The van der Waals surface area contributed by atoms with E-state index in [2.05, 4.69) is 27.2 Å². The molecule has 0 unspecified atom stereocenters. The lowest BCUT2D eigenvalue weighted by Gasteiger charge is -2.09. The van der Waals surface area contributed by atoms with Crippen molar-refractivity contribution in [3.63, 3.8) is 0 Å². The number of carbonyl (C=O) groups is 1. The molecule has 0 fully saturated rings. The Hall–Kier alpha value is -4.61. The van der Waals surface area contributed by atoms with E-state index in [4.69, 9.17) is 13.9 Å². The van der Waals surface area contributed by atoms with Crippen LogP contribution in [0.3, 0.4) is 0 Å². The van der Waals surface area contributed by atoms with Gasteiger partial charge >= 0.3 is 12.3 Å². The summed E-state index contributed by atoms with van der Waals surface area (Å²) in [7, 11) is 0. The van der Waals surface area contributed by atoms with Crippen LogP contribution >= 0.6 is 0 Å². The molecule has 9 nitrogen and oxygen atoms in total. The van der Waals surface area contributed by atoms with E-state index >= 15 is 0 Å². The fraction of sp³-hybridized carbons (Fsp3) is 0.355. The maximum absolute atomic E-state index is 13.2. The van der Waals surface area contributed by atoms with Gasteiger partial charge in [-0.1, -0.05) is 36.1 Å². The molecule has 0 bridgehead atoms. The third kappa shape index (κ3) is 9.45. The van der Waals surface area contributed by atoms with Crippen molar-refractivity contribution in [2.45, 2.75) is 64.9 Å². The molecule has 228 valence electrons. The number of ether oxygens (including phenoxy) is 2. The molecule has 4 aromatic rings. The van der Waals surface area contributed by atoms with Crippen LogP contribution in [-0.4, -0.2) is 38.7 Å². The summed E-state index contributed by atoms with van der Waals surface area (Å²) >= 11 is 0. The van der Waals surface area contributed by atoms with Crippen molar-refractivity contribution in [1.29, 1.82) is 0 Å². The van der Waals surface area contributed by atoms with E-state index in [0.29, 0.717) is 23.4 Å². The van der Waals surface area contributed by atoms with Gasteiger partial charge < -0.3 is 19.2 Å². The zero-order valence-electron chi connectivity index (χ0n) is 24.1. The van der Waals surface area contributed by atoms with Gasteiger partial charge in [0.15, 0.2) is 0 Å². The molecule has 0 spiro atoms. The third-order valence-corrected chi connectivity index (χ3v) is 6.38. The Bertz CT molecular complexity index is 1500. The van der Waals surface area contributed by atoms with Gasteiger partial charge in [0.2, 0.25) is 5.89 Å². The number of hydrogen-bond acceptors (Lipinski definition) is 7. The van der Waals surface area contributed by atoms with Crippen molar-refractivity contribution in [2.24, 2.45) is 0 Å². The molecule has 0 aliphatic carbocycles. The van der Waals surface area contributed by atoms with Crippen LogP contribution in [0.4, 0.5) is 18.0 Å². The monoisotopic (exact) mass is 597 g/mol. The molecule has 2 aromatic heterocycles. The van der Waals surface area contributed by atoms with Gasteiger partial charge in [0.25, 0.3) is 0 Å². The minimum absolute atomic E-state index is 0.0249. The van der Waals surface area contributed by atoms with Crippen LogP contribution in [0.15, 0.2) is 65.9 Å². The number of amides is 1. The molecule has 2 aromatic carbocycles. The molecule has 12 heteroatoms. The lowest BCUT2D eigenvalue weighted by molar-refractivity contribution is -0.137. The highest BCUT2D eigenvalue weighted by atomic mass is 19.4. The number of rotatable bonds is 14. The maximum Gasteiger partial charge on any atom is 0.416 e. The van der Waals surface area contributed by atoms with Crippen LogP contribution in [0, 0.1) is 0 Å². The number of nitrogens with zero attached hydrogens (tertiary/aromatic N) is 4. The van der Waals surface area contributed by atoms with E-state index in [-0.39, 0.29) is 30.7 Å². The summed E-state index contributed by atoms with van der Waals surface area (Å²) in [6.45, 7) is 8.47. The second kappa shape index (κ2) is 14.5. The SMILES string of the molecule is C=Cc1ccc(C(F)(F)F)cc1-c1nc(COc2ccc(CCCCn3cc(CCOC(=O)NC(C)C)nn3)cc2)co1. The first-order chi connectivity index (χ1) is 20.6. The average Bonchev–Trinajstić information content (AvgIpc) is 3.63. The number of hydrogen-bond donors (Lipinski definition) is 1. The number of halogens is 3. The molecule has 4 rings (SSSR count). The maximum atomic E-state index is 13.2. The fourth-order valence-electron chi connectivity index (χ4n) is 4.19. The number of carbonyl (C=O) groups excluding carboxylic acids is 1. The molecule has 0 atom stereocenters. The van der Waals surface area contributed by atoms with Crippen molar-refractivity contribution >= 4 is 12.2 Å². The lowest BCUT2D eigenvalue weighted by Crippen LogP contribution is -2.31. The van der Waals surface area contributed by atoms with Crippen LogP contribution in [0.1, 0.15) is 54.8 Å². The largest absolute Gasteiger partial charge is 0.487 e. The average molecular weight is 598 g/mol. The second-order valence-corrected chi connectivity index (χ2v) is 10.2. The molecule has 1 N–H and O–H groups in total. The van der Waals surface area contributed by atoms with Gasteiger partial charge in [-0.05, 0) is 68.5 Å². The Morgan fingerprint density at radius 1 is 1.12 bits per heavy atom. The summed E-state index contributed by atoms with van der Waals surface area (Å²) in [6, 6.07) is 11.1. The van der Waals surface area contributed by atoms with Gasteiger partial charge in [-0.3, -0.25) is 4.68 Å². The molecule has 0 saturated heterocycles. The van der Waals surface area contributed by atoms with E-state index < -0.39 is 17.8 Å². The number of unbranched alkanes of at least 4 members (excludes halogenated alkanes) is 1. The van der Waals surface area contributed by atoms with Crippen LogP contribution in [0.25, 0.3) is 17.5 Å². The summed E-state index contributed by atoms with van der Waals surface area (Å²) in [6.07, 6.45) is 3.04. The van der Waals surface area contributed by atoms with Gasteiger partial charge in [-0.25, -0.2) is 9.78 Å². The predicted molar refractivity (Wildman–Crippen MR) is 154 cm³/mol. The molecule has 2 heterocycles. The highest BCUT2D eigenvalue weighted by Crippen LogP contribution is 2.34. The molecule has 0 saturated carbocycles. The summed E-state index contributed by atoms with van der Waals surface area (Å²) in [4.78, 5) is 15.8. The number of aromatic nitrogens is 4. The number of alkyl carbamates (subject to hydrolysis) is 1. The first-order valence-corrected chi connectivity index (χ1v) is 13.9. The van der Waals surface area contributed by atoms with Crippen molar-refractivity contribution in [2.75, 3.05) is 6.61 Å². The molecule has 1 amide bonds. The molecular weight excluding hydrogens is 563 g/mol. The minimum Gasteiger partial charge on any atom is -0.487 e. The molecule has 43 heavy (non-hydrogen) atoms. The van der Waals surface area contributed by atoms with Crippen molar-refractivity contribution in [3.8, 4) is 17.2 Å². The van der Waals surface area contributed by atoms with Crippen molar-refractivity contribution in [3.05, 3.63) is 89.6 Å². The van der Waals surface area contributed by atoms with Gasteiger partial charge in [0, 0.05) is 30.8 Å². The Balaban J connectivity index is 1.19. The van der Waals surface area contributed by atoms with E-state index in [1.807, 2.05) is 44.3 Å². The predicted octanol–water partition coefficient (Wildman–Crippen LogP) is 6.87. The highest BCUT2D eigenvalue weighted by molar-refractivity contribution is 5.70. The summed E-state index contributed by atoms with van der Waals surface area (Å²) in [5.41, 5.74) is 2.29. The third-order valence-electron chi connectivity index (χ3n) is 6.38. The van der Waals surface area contributed by atoms with Gasteiger partial charge in [-0.15, -0.1) is 5.10 Å². The Morgan fingerprint density at radius 3 is 2.63 bits per heavy atom. The summed E-state index contributed by atoms with van der Waals surface area (Å²) in [5, 5.41) is 10.9. The van der Waals surface area contributed by atoms with Crippen molar-refractivity contribution < 1.29 is 31.9 Å². The van der Waals surface area contributed by atoms with Crippen molar-refractivity contribution in [1.82, 2.24) is 25.3 Å². The smallest absolute Gasteiger partial charge is 0.416 e. The van der Waals surface area contributed by atoms with Crippen LogP contribution in [0.2, 0.25) is 0 Å². The summed E-state index contributed by atoms with van der Waals surface area (Å²) in [5.74, 6) is 0.706. The van der Waals surface area contributed by atoms with Crippen LogP contribution < -0.4 is 10.1 Å². The first kappa shape index (κ1) is 31.3. The number of aryl methyl sites for hydroxylation is 2. The Labute approximate surface area is 247 Å². The Morgan fingerprint density at radius 2 is 1.91 bits per heavy atom. The van der Waals surface area contributed by atoms with Gasteiger partial charge in [0.05, 0.1) is 17.9 Å². The van der Waals surface area contributed by atoms with Crippen LogP contribution in [0.5, 0.6) is 5.75 Å². The first-order valence-electron chi connectivity index (χ1n) is 13.9. The number of nitrogens with one attached hydrogen (secondary N) is 1. The normalized spacial score (nSPS) is 11.5. The quantitative estimate of drug-likeness (QED) is 0.158. The second-order valence-electron chi connectivity index (χ2n) is 10.2. The van der Waals surface area contributed by atoms with E-state index in [1.54, 1.807) is 4.68 Å². The molecule has 0 radical (unpaired) electrons. The molecule has 0 aliphatic heterocycles. The van der Waals surface area contributed by atoms with Gasteiger partial charge in [-0.2, -0.15) is 13.2 Å². The topological polar surface area (TPSA) is 104 Å². The number of alkyl halides is 3. The minimum atomic E-state index is -4.48. The Kier molecular flexibility index (Phi) is 10.6. The zero-order valence-corrected chi connectivity index (χ0v) is 24.1. The lowest BCUT2D eigenvalue weighted by atomic mass is 10.0. The molecule has 0 aliphatic rings. The summed E-state index contributed by atoms with van der Waals surface area (Å²) < 4.78 is 57.7. The number of oxazole rings is 1. The van der Waals surface area contributed by atoms with E-state index in [9.17, 15) is 18.0 Å². The standard InChI is InChI=1S/C31H34F3N5O4/c1-4-23-10-11-24(31(32,33)34)17-28(23)29-36-26(20-43-29)19-42-27-12-8-22(9-13-27)7-5-6-15-39-18-25(37-38-39)14-16-41-30(40)35-21(2)3/h4,8-13,17-18,20-21H,1,5-7,14-16,19H2,2-3H3,(H,35,40).